The van der Waals surface area contributed by atoms with Gasteiger partial charge in [-0.05, 0) is 68.4 Å². The lowest BCUT2D eigenvalue weighted by Crippen LogP contribution is -2.39. The molecule has 0 aliphatic heterocycles. The Morgan fingerprint density at radius 1 is 1.00 bits per heavy atom. The van der Waals surface area contributed by atoms with Crippen LogP contribution in [0.4, 0.5) is 0 Å². The molecule has 0 radical (unpaired) electrons. The van der Waals surface area contributed by atoms with Crippen LogP contribution >= 0.6 is 11.6 Å². The third kappa shape index (κ3) is 6.11. The first-order chi connectivity index (χ1) is 16.5. The number of carbonyl (C=O) groups is 1. The number of ether oxygens (including phenoxy) is 2. The van der Waals surface area contributed by atoms with Crippen LogP contribution in [0.5, 0.6) is 17.4 Å². The van der Waals surface area contributed by atoms with E-state index in [1.165, 1.54) is 0 Å². The number of amides is 1. The fourth-order valence-corrected chi connectivity index (χ4v) is 3.22. The second-order valence-corrected chi connectivity index (χ2v) is 8.09. The molecule has 34 heavy (non-hydrogen) atoms. The van der Waals surface area contributed by atoms with Gasteiger partial charge in [0.2, 0.25) is 17.7 Å². The normalized spacial score (nSPS) is 10.8. The molecular formula is C25H23ClN4O4. The molecule has 2 aromatic carbocycles. The first-order valence-corrected chi connectivity index (χ1v) is 11.1. The third-order valence-electron chi connectivity index (χ3n) is 4.85. The van der Waals surface area contributed by atoms with E-state index in [1.54, 1.807) is 65.7 Å². The van der Waals surface area contributed by atoms with E-state index >= 15 is 0 Å². The summed E-state index contributed by atoms with van der Waals surface area (Å²) in [6.07, 6.45) is 1.66. The van der Waals surface area contributed by atoms with Crippen molar-refractivity contribution in [3.05, 3.63) is 83.8 Å². The molecule has 1 amide bonds. The molecule has 0 spiro atoms. The van der Waals surface area contributed by atoms with Gasteiger partial charge >= 0.3 is 0 Å². The van der Waals surface area contributed by atoms with Crippen molar-refractivity contribution in [3.63, 3.8) is 0 Å². The Kier molecular flexibility index (Phi) is 7.39. The van der Waals surface area contributed by atoms with E-state index in [-0.39, 0.29) is 25.1 Å². The molecule has 4 aromatic rings. The summed E-state index contributed by atoms with van der Waals surface area (Å²) in [7, 11) is 0. The molecule has 0 bridgehead atoms. The van der Waals surface area contributed by atoms with Gasteiger partial charge < -0.3 is 18.8 Å². The van der Waals surface area contributed by atoms with Gasteiger partial charge in [0.05, 0.1) is 6.54 Å². The molecule has 2 heterocycles. The van der Waals surface area contributed by atoms with Gasteiger partial charge in [0.25, 0.3) is 5.91 Å². The Hall–Kier alpha value is -3.91. The largest absolute Gasteiger partial charge is 0.484 e. The Morgan fingerprint density at radius 2 is 1.74 bits per heavy atom. The zero-order valence-electron chi connectivity index (χ0n) is 18.7. The minimum Gasteiger partial charge on any atom is -0.484 e. The van der Waals surface area contributed by atoms with E-state index in [4.69, 9.17) is 25.5 Å². The van der Waals surface area contributed by atoms with E-state index in [2.05, 4.69) is 15.2 Å². The molecular weight excluding hydrogens is 456 g/mol. The van der Waals surface area contributed by atoms with Crippen molar-refractivity contribution >= 4 is 17.5 Å². The summed E-state index contributed by atoms with van der Waals surface area (Å²) in [6, 6.07) is 19.4. The highest BCUT2D eigenvalue weighted by atomic mass is 35.5. The van der Waals surface area contributed by atoms with Gasteiger partial charge in [-0.1, -0.05) is 17.7 Å². The van der Waals surface area contributed by atoms with Crippen LogP contribution in [0, 0.1) is 0 Å². The van der Waals surface area contributed by atoms with Crippen LogP contribution in [0.3, 0.4) is 0 Å². The SMILES string of the molecule is CC(C)N(Cc1nnc(-c2ccc(Cl)cc2)o1)C(=O)COc1ccc(Oc2ccccn2)cc1. The number of benzene rings is 2. The maximum Gasteiger partial charge on any atom is 0.261 e. The third-order valence-corrected chi connectivity index (χ3v) is 5.11. The number of hydrogen-bond acceptors (Lipinski definition) is 7. The quantitative estimate of drug-likeness (QED) is 0.318. The molecule has 0 N–H and O–H groups in total. The van der Waals surface area contributed by atoms with Gasteiger partial charge in [0.15, 0.2) is 6.61 Å². The molecule has 0 unspecified atom stereocenters. The van der Waals surface area contributed by atoms with E-state index in [9.17, 15) is 4.79 Å². The molecule has 0 saturated heterocycles. The number of rotatable bonds is 9. The molecule has 0 fully saturated rings. The second kappa shape index (κ2) is 10.8. The fraction of sp³-hybridized carbons (Fsp3) is 0.200. The summed E-state index contributed by atoms with van der Waals surface area (Å²) in [5, 5.41) is 8.77. The zero-order valence-corrected chi connectivity index (χ0v) is 19.5. The van der Waals surface area contributed by atoms with Gasteiger partial charge in [0, 0.05) is 28.9 Å². The second-order valence-electron chi connectivity index (χ2n) is 7.65. The van der Waals surface area contributed by atoms with Crippen molar-refractivity contribution in [3.8, 4) is 28.8 Å². The summed E-state index contributed by atoms with van der Waals surface area (Å²) >= 11 is 5.93. The lowest BCUT2D eigenvalue weighted by molar-refractivity contribution is -0.136. The first-order valence-electron chi connectivity index (χ1n) is 10.7. The molecule has 2 aromatic heterocycles. The average Bonchev–Trinajstić information content (AvgIpc) is 3.31. The van der Waals surface area contributed by atoms with Crippen molar-refractivity contribution in [2.45, 2.75) is 26.4 Å². The smallest absolute Gasteiger partial charge is 0.261 e. The maximum absolute atomic E-state index is 12.8. The molecule has 0 atom stereocenters. The maximum atomic E-state index is 12.8. The number of carbonyl (C=O) groups excluding carboxylic acids is 1. The molecule has 0 saturated carbocycles. The van der Waals surface area contributed by atoms with Crippen LogP contribution < -0.4 is 9.47 Å². The summed E-state index contributed by atoms with van der Waals surface area (Å²) in [4.78, 5) is 18.6. The lowest BCUT2D eigenvalue weighted by Gasteiger charge is -2.25. The van der Waals surface area contributed by atoms with Crippen molar-refractivity contribution in [1.29, 1.82) is 0 Å². The Bertz CT molecular complexity index is 1210. The minimum atomic E-state index is -0.199. The topological polar surface area (TPSA) is 90.6 Å². The number of aromatic nitrogens is 3. The number of halogens is 1. The lowest BCUT2D eigenvalue weighted by atomic mass is 10.2. The first kappa shape index (κ1) is 23.3. The molecule has 0 aliphatic carbocycles. The van der Waals surface area contributed by atoms with Crippen molar-refractivity contribution in [2.24, 2.45) is 0 Å². The van der Waals surface area contributed by atoms with Gasteiger partial charge in [-0.3, -0.25) is 4.79 Å². The number of pyridine rings is 1. The van der Waals surface area contributed by atoms with Crippen LogP contribution in [0.25, 0.3) is 11.5 Å². The monoisotopic (exact) mass is 478 g/mol. The predicted molar refractivity (Wildman–Crippen MR) is 127 cm³/mol. The van der Waals surface area contributed by atoms with E-state index in [0.29, 0.717) is 34.2 Å². The fourth-order valence-electron chi connectivity index (χ4n) is 3.09. The Labute approximate surface area is 202 Å². The standard InChI is InChI=1S/C25H23ClN4O4/c1-17(2)30(15-23-28-29-25(34-23)18-6-8-19(26)9-7-18)24(31)16-32-20-10-12-21(13-11-20)33-22-5-3-4-14-27-22/h3-14,17H,15-16H2,1-2H3. The summed E-state index contributed by atoms with van der Waals surface area (Å²) in [5.41, 5.74) is 0.754. The van der Waals surface area contributed by atoms with E-state index < -0.39 is 0 Å². The average molecular weight is 479 g/mol. The van der Waals surface area contributed by atoms with Crippen LogP contribution in [-0.2, 0) is 11.3 Å². The van der Waals surface area contributed by atoms with Crippen molar-refractivity contribution < 1.29 is 18.7 Å². The number of hydrogen-bond donors (Lipinski definition) is 0. The molecule has 174 valence electrons. The zero-order chi connectivity index (χ0) is 23.9. The van der Waals surface area contributed by atoms with E-state index in [1.807, 2.05) is 26.0 Å². The van der Waals surface area contributed by atoms with Crippen molar-refractivity contribution in [2.75, 3.05) is 6.61 Å². The highest BCUT2D eigenvalue weighted by Gasteiger charge is 2.21. The minimum absolute atomic E-state index is 0.0869. The summed E-state index contributed by atoms with van der Waals surface area (Å²) in [5.74, 6) is 2.17. The van der Waals surface area contributed by atoms with Gasteiger partial charge in [-0.2, -0.15) is 0 Å². The predicted octanol–water partition coefficient (Wildman–Crippen LogP) is 5.39. The van der Waals surface area contributed by atoms with Crippen LogP contribution in [-0.4, -0.2) is 38.6 Å². The van der Waals surface area contributed by atoms with Crippen molar-refractivity contribution in [1.82, 2.24) is 20.1 Å². The van der Waals surface area contributed by atoms with Crippen LogP contribution in [0.15, 0.2) is 77.3 Å². The number of nitrogens with zero attached hydrogens (tertiary/aromatic N) is 4. The molecule has 8 nitrogen and oxygen atoms in total. The highest BCUT2D eigenvalue weighted by molar-refractivity contribution is 6.30. The molecule has 0 aliphatic rings. The summed E-state index contributed by atoms with van der Waals surface area (Å²) < 4.78 is 17.1. The highest BCUT2D eigenvalue weighted by Crippen LogP contribution is 2.23. The van der Waals surface area contributed by atoms with Gasteiger partial charge in [-0.25, -0.2) is 4.98 Å². The molecule has 4 rings (SSSR count). The van der Waals surface area contributed by atoms with Crippen LogP contribution in [0.2, 0.25) is 5.02 Å². The Morgan fingerprint density at radius 3 is 2.41 bits per heavy atom. The van der Waals surface area contributed by atoms with Gasteiger partial charge in [-0.15, -0.1) is 10.2 Å². The molecule has 9 heteroatoms. The Balaban J connectivity index is 1.34. The summed E-state index contributed by atoms with van der Waals surface area (Å²) in [6.45, 7) is 3.88. The van der Waals surface area contributed by atoms with Gasteiger partial charge in [0.1, 0.15) is 11.5 Å². The van der Waals surface area contributed by atoms with Crippen LogP contribution in [0.1, 0.15) is 19.7 Å². The van der Waals surface area contributed by atoms with E-state index in [0.717, 1.165) is 5.56 Å².